The molecule has 1 aromatic heterocycles. The maximum Gasteiger partial charge on any atom is 0.250 e. The lowest BCUT2D eigenvalue weighted by atomic mass is 10.3. The lowest BCUT2D eigenvalue weighted by Gasteiger charge is -2.14. The highest BCUT2D eigenvalue weighted by Gasteiger charge is 2.06. The molecule has 0 unspecified atom stereocenters. The highest BCUT2D eigenvalue weighted by molar-refractivity contribution is 6.03. The Morgan fingerprint density at radius 1 is 1.18 bits per heavy atom. The van der Waals surface area contributed by atoms with Crippen LogP contribution in [0.4, 0.5) is 5.69 Å². The molecule has 0 radical (unpaired) electrons. The fourth-order valence-corrected chi connectivity index (χ4v) is 1.43. The van der Waals surface area contributed by atoms with Gasteiger partial charge in [0.05, 0.1) is 6.26 Å². The molecular weight excluding hydrogens is 214 g/mol. The van der Waals surface area contributed by atoms with Gasteiger partial charge in [-0.1, -0.05) is 18.2 Å². The number of carbonyl (C=O) groups excluding carboxylic acids is 1. The van der Waals surface area contributed by atoms with Crippen LogP contribution in [-0.2, 0) is 4.79 Å². The maximum atomic E-state index is 11.8. The van der Waals surface area contributed by atoms with Crippen LogP contribution in [0, 0.1) is 0 Å². The number of para-hydroxylation sites is 1. The largest absolute Gasteiger partial charge is 0.465 e. The molecule has 3 heteroatoms. The van der Waals surface area contributed by atoms with Gasteiger partial charge in [0.1, 0.15) is 5.76 Å². The van der Waals surface area contributed by atoms with E-state index in [1.54, 1.807) is 36.4 Å². The van der Waals surface area contributed by atoms with Gasteiger partial charge >= 0.3 is 0 Å². The molecule has 17 heavy (non-hydrogen) atoms. The van der Waals surface area contributed by atoms with E-state index in [0.717, 1.165) is 5.69 Å². The highest BCUT2D eigenvalue weighted by Crippen LogP contribution is 2.12. The first-order valence-corrected chi connectivity index (χ1v) is 5.32. The summed E-state index contributed by atoms with van der Waals surface area (Å²) in [6.45, 7) is 0. The van der Waals surface area contributed by atoms with E-state index in [1.807, 2.05) is 30.3 Å². The third-order valence-electron chi connectivity index (χ3n) is 2.41. The van der Waals surface area contributed by atoms with Crippen molar-refractivity contribution in [2.75, 3.05) is 11.9 Å². The quantitative estimate of drug-likeness (QED) is 0.755. The van der Waals surface area contributed by atoms with E-state index in [9.17, 15) is 4.79 Å². The minimum absolute atomic E-state index is 0.0902. The summed E-state index contributed by atoms with van der Waals surface area (Å²) in [6, 6.07) is 13.1. The highest BCUT2D eigenvalue weighted by atomic mass is 16.3. The van der Waals surface area contributed by atoms with E-state index in [-0.39, 0.29) is 5.91 Å². The van der Waals surface area contributed by atoms with Crippen molar-refractivity contribution in [2.45, 2.75) is 0 Å². The van der Waals surface area contributed by atoms with Gasteiger partial charge < -0.3 is 9.32 Å². The Bertz CT molecular complexity index is 500. The molecule has 0 saturated heterocycles. The van der Waals surface area contributed by atoms with Gasteiger partial charge in [-0.2, -0.15) is 0 Å². The van der Waals surface area contributed by atoms with Crippen molar-refractivity contribution in [1.29, 1.82) is 0 Å². The molecule has 1 aromatic carbocycles. The molecule has 0 atom stereocenters. The Kier molecular flexibility index (Phi) is 3.40. The van der Waals surface area contributed by atoms with Gasteiger partial charge in [-0.05, 0) is 30.3 Å². The fraction of sp³-hybridized carbons (Fsp3) is 0.0714. The lowest BCUT2D eigenvalue weighted by Crippen LogP contribution is -2.23. The molecular formula is C14H13NO2. The van der Waals surface area contributed by atoms with Crippen LogP contribution in [0.3, 0.4) is 0 Å². The van der Waals surface area contributed by atoms with Crippen LogP contribution in [0.1, 0.15) is 5.76 Å². The summed E-state index contributed by atoms with van der Waals surface area (Å²) in [7, 11) is 1.74. The van der Waals surface area contributed by atoms with Gasteiger partial charge in [0.25, 0.3) is 5.91 Å². The molecule has 0 bridgehead atoms. The standard InChI is InChI=1S/C14H13NO2/c1-15(12-6-3-2-4-7-12)14(16)10-9-13-8-5-11-17-13/h2-11H,1H3/b10-9-. The number of amides is 1. The number of nitrogens with zero attached hydrogens (tertiary/aromatic N) is 1. The molecule has 2 rings (SSSR count). The average Bonchev–Trinajstić information content (AvgIpc) is 2.89. The Morgan fingerprint density at radius 3 is 2.59 bits per heavy atom. The number of rotatable bonds is 3. The molecule has 2 aromatic rings. The first-order chi connectivity index (χ1) is 8.27. The number of anilines is 1. The van der Waals surface area contributed by atoms with E-state index in [1.165, 1.54) is 6.08 Å². The van der Waals surface area contributed by atoms with E-state index >= 15 is 0 Å². The van der Waals surface area contributed by atoms with Gasteiger partial charge in [0, 0.05) is 18.8 Å². The fourth-order valence-electron chi connectivity index (χ4n) is 1.43. The second-order valence-corrected chi connectivity index (χ2v) is 3.58. The maximum absolute atomic E-state index is 11.8. The molecule has 0 aliphatic heterocycles. The minimum atomic E-state index is -0.0902. The van der Waals surface area contributed by atoms with E-state index in [2.05, 4.69) is 0 Å². The number of carbonyl (C=O) groups is 1. The number of hydrogen-bond acceptors (Lipinski definition) is 2. The van der Waals surface area contributed by atoms with E-state index in [4.69, 9.17) is 4.42 Å². The summed E-state index contributed by atoms with van der Waals surface area (Å²) < 4.78 is 5.11. The molecule has 0 saturated carbocycles. The number of likely N-dealkylation sites (N-methyl/N-ethyl adjacent to an activating group) is 1. The zero-order chi connectivity index (χ0) is 12.1. The van der Waals surface area contributed by atoms with Gasteiger partial charge in [-0.15, -0.1) is 0 Å². The van der Waals surface area contributed by atoms with Gasteiger partial charge in [0.2, 0.25) is 0 Å². The van der Waals surface area contributed by atoms with Crippen LogP contribution in [0.2, 0.25) is 0 Å². The van der Waals surface area contributed by atoms with Crippen molar-refractivity contribution in [3.63, 3.8) is 0 Å². The van der Waals surface area contributed by atoms with Gasteiger partial charge in [0.15, 0.2) is 0 Å². The third kappa shape index (κ3) is 2.84. The van der Waals surface area contributed by atoms with Crippen molar-refractivity contribution in [3.05, 3.63) is 60.6 Å². The van der Waals surface area contributed by atoms with E-state index in [0.29, 0.717) is 5.76 Å². The molecule has 0 spiro atoms. The van der Waals surface area contributed by atoms with Crippen LogP contribution in [0.5, 0.6) is 0 Å². The first kappa shape index (κ1) is 11.2. The Balaban J connectivity index is 2.06. The van der Waals surface area contributed by atoms with Crippen molar-refractivity contribution in [3.8, 4) is 0 Å². The molecule has 3 nitrogen and oxygen atoms in total. The molecule has 1 heterocycles. The van der Waals surface area contributed by atoms with Crippen molar-refractivity contribution in [2.24, 2.45) is 0 Å². The second-order valence-electron chi connectivity index (χ2n) is 3.58. The predicted octanol–water partition coefficient (Wildman–Crippen LogP) is 2.96. The summed E-state index contributed by atoms with van der Waals surface area (Å²) in [6.07, 6.45) is 4.72. The van der Waals surface area contributed by atoms with Crippen LogP contribution in [-0.4, -0.2) is 13.0 Å². The molecule has 86 valence electrons. The molecule has 0 fully saturated rings. The average molecular weight is 227 g/mol. The number of benzene rings is 1. The Hall–Kier alpha value is -2.29. The Labute approximate surface area is 100.0 Å². The Morgan fingerprint density at radius 2 is 1.94 bits per heavy atom. The predicted molar refractivity (Wildman–Crippen MR) is 67.6 cm³/mol. The molecule has 0 N–H and O–H groups in total. The van der Waals surface area contributed by atoms with Crippen LogP contribution >= 0.6 is 0 Å². The zero-order valence-electron chi connectivity index (χ0n) is 9.54. The summed E-state index contributed by atoms with van der Waals surface area (Å²) in [5.74, 6) is 0.576. The second kappa shape index (κ2) is 5.16. The topological polar surface area (TPSA) is 33.5 Å². The summed E-state index contributed by atoms with van der Waals surface area (Å²) in [5.41, 5.74) is 0.863. The minimum Gasteiger partial charge on any atom is -0.465 e. The smallest absolute Gasteiger partial charge is 0.250 e. The molecule has 0 aliphatic rings. The lowest BCUT2D eigenvalue weighted by molar-refractivity contribution is -0.113. The number of furan rings is 1. The monoisotopic (exact) mass is 227 g/mol. The van der Waals surface area contributed by atoms with E-state index < -0.39 is 0 Å². The molecule has 1 amide bonds. The molecule has 0 aliphatic carbocycles. The van der Waals surface area contributed by atoms with Crippen molar-refractivity contribution < 1.29 is 9.21 Å². The normalized spacial score (nSPS) is 10.6. The summed E-state index contributed by atoms with van der Waals surface area (Å²) >= 11 is 0. The van der Waals surface area contributed by atoms with Crippen molar-refractivity contribution in [1.82, 2.24) is 0 Å². The summed E-state index contributed by atoms with van der Waals surface area (Å²) in [5, 5.41) is 0. The number of hydrogen-bond donors (Lipinski definition) is 0. The van der Waals surface area contributed by atoms with Crippen LogP contribution in [0.25, 0.3) is 6.08 Å². The third-order valence-corrected chi connectivity index (χ3v) is 2.41. The van der Waals surface area contributed by atoms with Crippen LogP contribution < -0.4 is 4.90 Å². The SMILES string of the molecule is CN(C(=O)/C=C\c1ccco1)c1ccccc1. The van der Waals surface area contributed by atoms with Gasteiger partial charge in [-0.25, -0.2) is 0 Å². The van der Waals surface area contributed by atoms with Crippen molar-refractivity contribution >= 4 is 17.7 Å². The summed E-state index contributed by atoms with van der Waals surface area (Å²) in [4.78, 5) is 13.4. The zero-order valence-corrected chi connectivity index (χ0v) is 9.54. The van der Waals surface area contributed by atoms with Crippen LogP contribution in [0.15, 0.2) is 59.2 Å². The first-order valence-electron chi connectivity index (χ1n) is 5.32. The van der Waals surface area contributed by atoms with Gasteiger partial charge in [-0.3, -0.25) is 4.79 Å².